The van der Waals surface area contributed by atoms with Crippen molar-refractivity contribution in [3.05, 3.63) is 75.8 Å². The second-order valence-corrected chi connectivity index (χ2v) is 8.20. The van der Waals surface area contributed by atoms with Crippen LogP contribution >= 0.6 is 15.9 Å². The second kappa shape index (κ2) is 6.78. The number of hydrogen-bond donors (Lipinski definition) is 1. The molecule has 3 aromatic carbocycles. The van der Waals surface area contributed by atoms with E-state index in [0.29, 0.717) is 6.42 Å². The van der Waals surface area contributed by atoms with Crippen molar-refractivity contribution in [2.45, 2.75) is 25.3 Å². The molecule has 0 fully saturated rings. The number of anilines is 1. The number of halogens is 1. The molecule has 0 saturated heterocycles. The Morgan fingerprint density at radius 1 is 1.07 bits per heavy atom. The van der Waals surface area contributed by atoms with E-state index in [1.807, 2.05) is 12.1 Å². The van der Waals surface area contributed by atoms with Crippen LogP contribution in [0.15, 0.2) is 64.6 Å². The van der Waals surface area contributed by atoms with Gasteiger partial charge < -0.3 is 10.1 Å². The van der Waals surface area contributed by atoms with Gasteiger partial charge in [-0.1, -0.05) is 42.5 Å². The van der Waals surface area contributed by atoms with Gasteiger partial charge in [0.1, 0.15) is 5.75 Å². The standard InChI is InChI=1S/C24H20BrNO2/c1-28-21-12-10-15(13-19(21)25)23-22-17(7-4-8-20(22)27)18-11-9-14-5-2-3-6-16(14)24(18)26-23/h2-3,5-6,9-13,23,26H,4,7-8H2,1H3/t23-/m0/s1. The summed E-state index contributed by atoms with van der Waals surface area (Å²) in [6.45, 7) is 0. The minimum atomic E-state index is -0.150. The van der Waals surface area contributed by atoms with Crippen molar-refractivity contribution in [1.29, 1.82) is 0 Å². The molecule has 1 aliphatic carbocycles. The Morgan fingerprint density at radius 3 is 2.75 bits per heavy atom. The Morgan fingerprint density at radius 2 is 1.93 bits per heavy atom. The monoisotopic (exact) mass is 433 g/mol. The summed E-state index contributed by atoms with van der Waals surface area (Å²) in [5, 5.41) is 6.11. The first-order chi connectivity index (χ1) is 13.7. The van der Waals surface area contributed by atoms with Crippen LogP contribution in [0.3, 0.4) is 0 Å². The van der Waals surface area contributed by atoms with Gasteiger partial charge in [0.2, 0.25) is 0 Å². The van der Waals surface area contributed by atoms with Gasteiger partial charge in [0, 0.05) is 22.9 Å². The first-order valence-corrected chi connectivity index (χ1v) is 10.3. The van der Waals surface area contributed by atoms with Gasteiger partial charge in [0.05, 0.1) is 23.3 Å². The molecule has 1 atom stereocenters. The van der Waals surface area contributed by atoms with Crippen LogP contribution in [0.25, 0.3) is 16.3 Å². The highest BCUT2D eigenvalue weighted by Crippen LogP contribution is 2.48. The topological polar surface area (TPSA) is 38.3 Å². The van der Waals surface area contributed by atoms with E-state index in [1.165, 1.54) is 21.9 Å². The Hall–Kier alpha value is -2.59. The fourth-order valence-corrected chi connectivity index (χ4v) is 5.04. The van der Waals surface area contributed by atoms with Gasteiger partial charge >= 0.3 is 0 Å². The lowest BCUT2D eigenvalue weighted by molar-refractivity contribution is -0.116. The van der Waals surface area contributed by atoms with E-state index < -0.39 is 0 Å². The molecular formula is C24H20BrNO2. The molecule has 3 nitrogen and oxygen atoms in total. The highest BCUT2D eigenvalue weighted by atomic mass is 79.9. The molecule has 0 bridgehead atoms. The third kappa shape index (κ3) is 2.67. The molecule has 0 unspecified atom stereocenters. The van der Waals surface area contributed by atoms with Crippen molar-refractivity contribution in [2.75, 3.05) is 12.4 Å². The smallest absolute Gasteiger partial charge is 0.161 e. The molecule has 1 heterocycles. The number of fused-ring (bicyclic) bond motifs is 4. The minimum absolute atomic E-state index is 0.150. The SMILES string of the molecule is COc1ccc([C@@H]2Nc3c(ccc4ccccc34)C3=C2C(=O)CCC3)cc1Br. The summed E-state index contributed by atoms with van der Waals surface area (Å²) in [7, 11) is 1.66. The van der Waals surface area contributed by atoms with E-state index >= 15 is 0 Å². The maximum atomic E-state index is 13.0. The molecule has 1 N–H and O–H groups in total. The molecule has 5 rings (SSSR count). The summed E-state index contributed by atoms with van der Waals surface area (Å²) >= 11 is 3.59. The van der Waals surface area contributed by atoms with Gasteiger partial charge in [0.25, 0.3) is 0 Å². The summed E-state index contributed by atoms with van der Waals surface area (Å²) in [5.41, 5.74) is 5.49. The van der Waals surface area contributed by atoms with Crippen molar-refractivity contribution < 1.29 is 9.53 Å². The molecule has 1 aliphatic heterocycles. The van der Waals surface area contributed by atoms with E-state index in [2.05, 4.69) is 63.7 Å². The van der Waals surface area contributed by atoms with Crippen LogP contribution in [-0.2, 0) is 4.79 Å². The van der Waals surface area contributed by atoms with Crippen molar-refractivity contribution in [2.24, 2.45) is 0 Å². The number of ether oxygens (including phenoxy) is 1. The second-order valence-electron chi connectivity index (χ2n) is 7.35. The molecule has 0 spiro atoms. The van der Waals surface area contributed by atoms with E-state index in [9.17, 15) is 4.79 Å². The summed E-state index contributed by atoms with van der Waals surface area (Å²) in [6.07, 6.45) is 2.49. The number of rotatable bonds is 2. The van der Waals surface area contributed by atoms with Crippen molar-refractivity contribution >= 4 is 43.7 Å². The Bertz CT molecular complexity index is 1150. The highest BCUT2D eigenvalue weighted by Gasteiger charge is 2.34. The van der Waals surface area contributed by atoms with Crippen LogP contribution in [-0.4, -0.2) is 12.9 Å². The molecule has 0 amide bonds. The molecule has 28 heavy (non-hydrogen) atoms. The predicted octanol–water partition coefficient (Wildman–Crippen LogP) is 6.28. The maximum Gasteiger partial charge on any atom is 0.161 e. The van der Waals surface area contributed by atoms with Crippen LogP contribution in [0.4, 0.5) is 5.69 Å². The van der Waals surface area contributed by atoms with Gasteiger partial charge in [-0.25, -0.2) is 0 Å². The van der Waals surface area contributed by atoms with E-state index in [-0.39, 0.29) is 11.8 Å². The largest absolute Gasteiger partial charge is 0.496 e. The number of hydrogen-bond acceptors (Lipinski definition) is 3. The van der Waals surface area contributed by atoms with Crippen molar-refractivity contribution in [3.63, 3.8) is 0 Å². The number of methoxy groups -OCH3 is 1. The molecule has 2 aliphatic rings. The fourth-order valence-electron chi connectivity index (χ4n) is 4.49. The van der Waals surface area contributed by atoms with Crippen LogP contribution in [0.1, 0.15) is 36.4 Å². The van der Waals surface area contributed by atoms with Crippen molar-refractivity contribution in [3.8, 4) is 5.75 Å². The van der Waals surface area contributed by atoms with Gasteiger partial charge in [-0.3, -0.25) is 4.79 Å². The third-order valence-corrected chi connectivity index (χ3v) is 6.42. The number of carbonyl (C=O) groups is 1. The number of benzene rings is 3. The summed E-state index contributed by atoms with van der Waals surface area (Å²) in [5.74, 6) is 1.04. The number of allylic oxidation sites excluding steroid dienone is 1. The van der Waals surface area contributed by atoms with Gasteiger partial charge in [-0.2, -0.15) is 0 Å². The van der Waals surface area contributed by atoms with Crippen LogP contribution < -0.4 is 10.1 Å². The van der Waals surface area contributed by atoms with E-state index in [1.54, 1.807) is 7.11 Å². The van der Waals surface area contributed by atoms with Crippen LogP contribution in [0, 0.1) is 0 Å². The zero-order valence-electron chi connectivity index (χ0n) is 15.6. The fraction of sp³-hybridized carbons (Fsp3) is 0.208. The van der Waals surface area contributed by atoms with E-state index in [4.69, 9.17) is 4.74 Å². The van der Waals surface area contributed by atoms with Gasteiger partial charge in [0.15, 0.2) is 5.78 Å². The quantitative estimate of drug-likeness (QED) is 0.516. The Labute approximate surface area is 172 Å². The molecule has 0 radical (unpaired) electrons. The molecule has 3 aromatic rings. The first-order valence-electron chi connectivity index (χ1n) is 9.55. The molecule has 0 saturated carbocycles. The normalized spacial score (nSPS) is 18.5. The van der Waals surface area contributed by atoms with Crippen LogP contribution in [0.2, 0.25) is 0 Å². The number of nitrogens with one attached hydrogen (secondary N) is 1. The molecule has 0 aromatic heterocycles. The van der Waals surface area contributed by atoms with E-state index in [0.717, 1.165) is 39.9 Å². The number of Topliss-reactive ketones (excluding diaryl/α,β-unsaturated/α-hetero) is 1. The van der Waals surface area contributed by atoms with Gasteiger partial charge in [-0.05, 0) is 57.4 Å². The summed E-state index contributed by atoms with van der Waals surface area (Å²) < 4.78 is 6.27. The number of ketones is 1. The first kappa shape index (κ1) is 17.5. The Balaban J connectivity index is 1.74. The number of carbonyl (C=O) groups excluding carboxylic acids is 1. The summed E-state index contributed by atoms with van der Waals surface area (Å²) in [6, 6.07) is 18.6. The molecule has 140 valence electrons. The third-order valence-electron chi connectivity index (χ3n) is 5.80. The zero-order valence-corrected chi connectivity index (χ0v) is 17.2. The minimum Gasteiger partial charge on any atom is -0.496 e. The summed E-state index contributed by atoms with van der Waals surface area (Å²) in [4.78, 5) is 13.0. The maximum absolute atomic E-state index is 13.0. The molecular weight excluding hydrogens is 414 g/mol. The van der Waals surface area contributed by atoms with Gasteiger partial charge in [-0.15, -0.1) is 0 Å². The Kier molecular flexibility index (Phi) is 4.24. The average Bonchev–Trinajstić information content (AvgIpc) is 2.73. The zero-order chi connectivity index (χ0) is 19.3. The highest BCUT2D eigenvalue weighted by molar-refractivity contribution is 9.10. The van der Waals surface area contributed by atoms with Crippen LogP contribution in [0.5, 0.6) is 5.75 Å². The lowest BCUT2D eigenvalue weighted by Crippen LogP contribution is -2.27. The molecule has 4 heteroatoms. The average molecular weight is 434 g/mol. The predicted molar refractivity (Wildman–Crippen MR) is 117 cm³/mol. The lowest BCUT2D eigenvalue weighted by Gasteiger charge is -2.35. The van der Waals surface area contributed by atoms with Crippen molar-refractivity contribution in [1.82, 2.24) is 0 Å². The lowest BCUT2D eigenvalue weighted by atomic mass is 9.77.